The van der Waals surface area contributed by atoms with Gasteiger partial charge < -0.3 is 19.7 Å². The predicted octanol–water partition coefficient (Wildman–Crippen LogP) is 2.78. The number of esters is 2. The number of Topliss-reactive ketones (excluding diaryl/α,β-unsaturated/α-hetero) is 2. The Hall–Kier alpha value is -2.06. The van der Waals surface area contributed by atoms with E-state index in [1.165, 1.54) is 21.0 Å². The highest BCUT2D eigenvalue weighted by Gasteiger charge is 2.85. The molecular weight excluding hydrogens is 464 g/mol. The molecule has 4 rings (SSSR count). The lowest BCUT2D eigenvalue weighted by atomic mass is 9.33. The van der Waals surface area contributed by atoms with Gasteiger partial charge in [-0.25, -0.2) is 0 Å². The standard InChI is InChI=1S/C28H40O8/c1-15-13-18-24(5,28(22(33)35-8)21(32)26(7,34)20(31)25(15,28)6)11-9-17-23(3,4)19(36-16(2)30)10-12-27(17,18)14-29/h13,17-19,29,34H,9-12,14H2,1-8H3/t17-,18+,19-,24-,25-,26-,27+,28-/m0/s1. The number of carbonyl (C=O) groups is 4. The first-order valence-electron chi connectivity index (χ1n) is 12.9. The molecule has 0 spiro atoms. The summed E-state index contributed by atoms with van der Waals surface area (Å²) in [5.41, 5.74) is -7.65. The summed E-state index contributed by atoms with van der Waals surface area (Å²) < 4.78 is 11.0. The number of ketones is 2. The molecule has 3 saturated carbocycles. The summed E-state index contributed by atoms with van der Waals surface area (Å²) in [4.78, 5) is 53.5. The fourth-order valence-electron chi connectivity index (χ4n) is 9.40. The van der Waals surface area contributed by atoms with Gasteiger partial charge in [-0.05, 0) is 63.7 Å². The Bertz CT molecular complexity index is 1070. The highest BCUT2D eigenvalue weighted by atomic mass is 16.5. The van der Waals surface area contributed by atoms with E-state index in [1.807, 2.05) is 26.8 Å². The van der Waals surface area contributed by atoms with E-state index in [1.54, 1.807) is 13.8 Å². The van der Waals surface area contributed by atoms with E-state index in [2.05, 4.69) is 0 Å². The normalized spacial score (nSPS) is 47.3. The van der Waals surface area contributed by atoms with Crippen LogP contribution in [0.3, 0.4) is 0 Å². The van der Waals surface area contributed by atoms with Gasteiger partial charge in [0.1, 0.15) is 6.10 Å². The molecule has 2 N–H and O–H groups in total. The van der Waals surface area contributed by atoms with E-state index in [0.29, 0.717) is 31.3 Å². The summed E-state index contributed by atoms with van der Waals surface area (Å²) in [5.74, 6) is -3.23. The van der Waals surface area contributed by atoms with Crippen LogP contribution in [-0.4, -0.2) is 59.1 Å². The number of hydrogen-bond donors (Lipinski definition) is 2. The van der Waals surface area contributed by atoms with E-state index >= 15 is 0 Å². The topological polar surface area (TPSA) is 127 Å². The second-order valence-corrected chi connectivity index (χ2v) is 12.8. The van der Waals surface area contributed by atoms with Gasteiger partial charge in [0.05, 0.1) is 12.5 Å². The van der Waals surface area contributed by atoms with E-state index in [9.17, 15) is 29.4 Å². The largest absolute Gasteiger partial charge is 0.468 e. The molecule has 0 aromatic rings. The van der Waals surface area contributed by atoms with Crippen molar-refractivity contribution in [3.63, 3.8) is 0 Å². The van der Waals surface area contributed by atoms with Gasteiger partial charge in [-0.1, -0.05) is 32.4 Å². The first kappa shape index (κ1) is 27.0. The molecule has 8 heteroatoms. The highest BCUT2D eigenvalue weighted by molar-refractivity contribution is 6.30. The molecule has 0 unspecified atom stereocenters. The minimum Gasteiger partial charge on any atom is -0.468 e. The van der Waals surface area contributed by atoms with Crippen molar-refractivity contribution in [2.45, 2.75) is 85.9 Å². The molecule has 0 radical (unpaired) electrons. The first-order chi connectivity index (χ1) is 16.5. The molecular formula is C28H40O8. The van der Waals surface area contributed by atoms with Gasteiger partial charge in [0.2, 0.25) is 0 Å². The molecule has 0 amide bonds. The van der Waals surface area contributed by atoms with Crippen LogP contribution >= 0.6 is 0 Å². The van der Waals surface area contributed by atoms with Gasteiger partial charge in [0.25, 0.3) is 0 Å². The number of aliphatic hydroxyl groups is 2. The molecule has 200 valence electrons. The second-order valence-electron chi connectivity index (χ2n) is 12.8. The first-order valence-corrected chi connectivity index (χ1v) is 12.9. The van der Waals surface area contributed by atoms with Crippen LogP contribution in [0.25, 0.3) is 0 Å². The molecule has 4 aliphatic rings. The van der Waals surface area contributed by atoms with Crippen molar-refractivity contribution < 1.29 is 38.9 Å². The predicted molar refractivity (Wildman–Crippen MR) is 129 cm³/mol. The Morgan fingerprint density at radius 1 is 1.06 bits per heavy atom. The zero-order valence-electron chi connectivity index (χ0n) is 22.7. The lowest BCUT2D eigenvalue weighted by Gasteiger charge is -2.68. The summed E-state index contributed by atoms with van der Waals surface area (Å²) in [5, 5.41) is 22.3. The monoisotopic (exact) mass is 504 g/mol. The maximum Gasteiger partial charge on any atom is 0.321 e. The maximum atomic E-state index is 14.1. The number of methoxy groups -OCH3 is 1. The fraction of sp³-hybridized carbons (Fsp3) is 0.786. The van der Waals surface area contributed by atoms with Crippen molar-refractivity contribution >= 4 is 23.5 Å². The van der Waals surface area contributed by atoms with Crippen molar-refractivity contribution in [1.82, 2.24) is 0 Å². The minimum absolute atomic E-state index is 0.0815. The van der Waals surface area contributed by atoms with Crippen molar-refractivity contribution in [2.75, 3.05) is 13.7 Å². The zero-order chi connectivity index (χ0) is 27.3. The number of allylic oxidation sites excluding steroid dienone is 2. The van der Waals surface area contributed by atoms with Crippen molar-refractivity contribution in [2.24, 2.45) is 38.9 Å². The Kier molecular flexibility index (Phi) is 5.79. The lowest BCUT2D eigenvalue weighted by molar-refractivity contribution is -0.230. The van der Waals surface area contributed by atoms with Gasteiger partial charge in [-0.15, -0.1) is 0 Å². The van der Waals surface area contributed by atoms with Crippen molar-refractivity contribution in [1.29, 1.82) is 0 Å². The van der Waals surface area contributed by atoms with Crippen LogP contribution in [0.4, 0.5) is 0 Å². The molecule has 8 atom stereocenters. The molecule has 0 aromatic carbocycles. The average molecular weight is 505 g/mol. The average Bonchev–Trinajstić information content (AvgIpc) is 2.93. The quantitative estimate of drug-likeness (QED) is 0.341. The molecule has 0 heterocycles. The number of rotatable bonds is 3. The van der Waals surface area contributed by atoms with Gasteiger partial charge in [0, 0.05) is 24.4 Å². The summed E-state index contributed by atoms with van der Waals surface area (Å²) >= 11 is 0. The van der Waals surface area contributed by atoms with E-state index in [4.69, 9.17) is 9.47 Å². The Morgan fingerprint density at radius 2 is 1.67 bits per heavy atom. The third-order valence-electron chi connectivity index (χ3n) is 11.1. The number of hydrogen-bond acceptors (Lipinski definition) is 8. The van der Waals surface area contributed by atoms with Crippen LogP contribution < -0.4 is 0 Å². The fourth-order valence-corrected chi connectivity index (χ4v) is 9.40. The van der Waals surface area contributed by atoms with E-state index < -0.39 is 56.1 Å². The van der Waals surface area contributed by atoms with Crippen LogP contribution in [0.5, 0.6) is 0 Å². The molecule has 0 bridgehead atoms. The van der Waals surface area contributed by atoms with E-state index in [0.717, 1.165) is 0 Å². The van der Waals surface area contributed by atoms with Crippen LogP contribution in [-0.2, 0) is 28.7 Å². The highest BCUT2D eigenvalue weighted by Crippen LogP contribution is 2.76. The van der Waals surface area contributed by atoms with Crippen LogP contribution in [0, 0.1) is 38.9 Å². The third kappa shape index (κ3) is 2.67. The number of ether oxygens (including phenoxy) is 2. The van der Waals surface area contributed by atoms with Gasteiger partial charge in [-0.2, -0.15) is 0 Å². The zero-order valence-corrected chi connectivity index (χ0v) is 22.7. The molecule has 0 saturated heterocycles. The molecule has 3 fully saturated rings. The van der Waals surface area contributed by atoms with Gasteiger partial charge >= 0.3 is 11.9 Å². The van der Waals surface area contributed by atoms with Crippen LogP contribution in [0.15, 0.2) is 11.6 Å². The summed E-state index contributed by atoms with van der Waals surface area (Å²) in [7, 11) is 1.20. The Balaban J connectivity index is 2.00. The second kappa shape index (κ2) is 7.73. The van der Waals surface area contributed by atoms with E-state index in [-0.39, 0.29) is 24.6 Å². The molecule has 0 aromatic heterocycles. The number of aliphatic hydroxyl groups excluding tert-OH is 1. The Labute approximate surface area is 212 Å². The molecule has 36 heavy (non-hydrogen) atoms. The maximum absolute atomic E-state index is 14.1. The number of fused-ring (bicyclic) bond motifs is 5. The smallest absolute Gasteiger partial charge is 0.321 e. The van der Waals surface area contributed by atoms with Crippen molar-refractivity contribution in [3.05, 3.63) is 11.6 Å². The van der Waals surface area contributed by atoms with Crippen LogP contribution in [0.1, 0.15) is 74.1 Å². The molecule has 4 aliphatic carbocycles. The summed E-state index contributed by atoms with van der Waals surface area (Å²) in [6.07, 6.45) is 3.63. The van der Waals surface area contributed by atoms with Crippen LogP contribution in [0.2, 0.25) is 0 Å². The minimum atomic E-state index is -2.34. The lowest BCUT2D eigenvalue weighted by Crippen LogP contribution is -2.71. The number of carbonyl (C=O) groups excluding carboxylic acids is 4. The molecule has 8 nitrogen and oxygen atoms in total. The van der Waals surface area contributed by atoms with Gasteiger partial charge in [-0.3, -0.25) is 19.2 Å². The van der Waals surface area contributed by atoms with Crippen molar-refractivity contribution in [3.8, 4) is 0 Å². The third-order valence-corrected chi connectivity index (χ3v) is 11.1. The summed E-state index contributed by atoms with van der Waals surface area (Å²) in [6, 6.07) is 0. The molecule has 0 aliphatic heterocycles. The SMILES string of the molecule is COC(=O)[C@]12C(=O)[C@@](C)(O)C(=O)[C@]1(C)C(C)=C[C@H]1[C@@]3(CO)CC[C@H](OC(C)=O)C(C)(C)[C@@H]3CC[C@@]12C. The van der Waals surface area contributed by atoms with Gasteiger partial charge in [0.15, 0.2) is 22.6 Å². The summed E-state index contributed by atoms with van der Waals surface area (Å²) in [6.45, 7) is 11.6. The Morgan fingerprint density at radius 3 is 2.19 bits per heavy atom.